The molecule has 2 N–H and O–H groups in total. The lowest BCUT2D eigenvalue weighted by Gasteiger charge is -2.09. The summed E-state index contributed by atoms with van der Waals surface area (Å²) in [7, 11) is 0. The third-order valence-corrected chi connectivity index (χ3v) is 6.66. The zero-order valence-electron chi connectivity index (χ0n) is 21.4. The van der Waals surface area contributed by atoms with Crippen LogP contribution in [0.4, 0.5) is 11.4 Å². The van der Waals surface area contributed by atoms with Crippen LogP contribution in [0.15, 0.2) is 59.4 Å². The minimum absolute atomic E-state index is 0.0566. The van der Waals surface area contributed by atoms with Gasteiger partial charge in [-0.25, -0.2) is 14.2 Å². The van der Waals surface area contributed by atoms with Gasteiger partial charge in [-0.3, -0.25) is 14.4 Å². The molecule has 4 aromatic rings. The fraction of sp³-hybridized carbons (Fsp3) is 0.250. The fourth-order valence-corrected chi connectivity index (χ4v) is 4.79. The van der Waals surface area contributed by atoms with E-state index in [9.17, 15) is 19.2 Å². The average Bonchev–Trinajstić information content (AvgIpc) is 3.30. The van der Waals surface area contributed by atoms with Crippen molar-refractivity contribution in [3.63, 3.8) is 0 Å². The summed E-state index contributed by atoms with van der Waals surface area (Å²) in [6.07, 6.45) is 2.11. The minimum atomic E-state index is -0.654. The van der Waals surface area contributed by atoms with Crippen molar-refractivity contribution in [3.05, 3.63) is 92.3 Å². The van der Waals surface area contributed by atoms with Crippen molar-refractivity contribution in [2.75, 3.05) is 17.2 Å². The van der Waals surface area contributed by atoms with Crippen molar-refractivity contribution in [1.29, 1.82) is 0 Å². The lowest BCUT2D eigenvalue weighted by atomic mass is 10.2. The number of aryl methyl sites for hydroxylation is 2. The van der Waals surface area contributed by atoms with E-state index in [4.69, 9.17) is 4.74 Å². The molecular formula is C28H28N4O5S. The molecule has 0 aliphatic carbocycles. The van der Waals surface area contributed by atoms with Crippen molar-refractivity contribution in [1.82, 2.24) is 9.38 Å². The first-order valence-corrected chi connectivity index (χ1v) is 13.1. The number of esters is 1. The molecule has 0 aliphatic rings. The Morgan fingerprint density at radius 2 is 1.55 bits per heavy atom. The molecule has 0 atom stereocenters. The quantitative estimate of drug-likeness (QED) is 0.290. The standard InChI is InChI=1S/C28H28N4O5S/c1-4-6-21-16-22(33)32-23(25(34)29-20-13-9-18(10-14-20)27(36)37-15-5-2)24(38-28(32)31-21)26(35)30-19-11-7-17(3)8-12-19/h7-14,16H,4-6,15H2,1-3H3,(H,29,34)(H,30,35). The van der Waals surface area contributed by atoms with E-state index in [0.717, 1.165) is 23.3 Å². The molecular weight excluding hydrogens is 504 g/mol. The van der Waals surface area contributed by atoms with Gasteiger partial charge in [-0.2, -0.15) is 0 Å². The van der Waals surface area contributed by atoms with Crippen molar-refractivity contribution in [2.24, 2.45) is 0 Å². The van der Waals surface area contributed by atoms with E-state index in [2.05, 4.69) is 15.6 Å². The number of benzene rings is 2. The number of thiazole rings is 1. The zero-order valence-corrected chi connectivity index (χ0v) is 22.2. The molecule has 0 saturated carbocycles. The van der Waals surface area contributed by atoms with Gasteiger partial charge in [0, 0.05) is 23.1 Å². The molecule has 0 radical (unpaired) electrons. The van der Waals surface area contributed by atoms with E-state index in [1.54, 1.807) is 24.3 Å². The molecule has 2 amide bonds. The number of hydrogen-bond donors (Lipinski definition) is 2. The van der Waals surface area contributed by atoms with Crippen molar-refractivity contribution in [2.45, 2.75) is 40.0 Å². The Kier molecular flexibility index (Phi) is 8.32. The van der Waals surface area contributed by atoms with Crippen LogP contribution in [0.2, 0.25) is 0 Å². The number of carbonyl (C=O) groups excluding carboxylic acids is 3. The number of carbonyl (C=O) groups is 3. The maximum Gasteiger partial charge on any atom is 0.338 e. The molecule has 0 fully saturated rings. The van der Waals surface area contributed by atoms with Crippen molar-refractivity contribution in [3.8, 4) is 0 Å². The van der Waals surface area contributed by atoms with Gasteiger partial charge in [0.15, 0.2) is 4.96 Å². The number of fused-ring (bicyclic) bond motifs is 1. The summed E-state index contributed by atoms with van der Waals surface area (Å²) in [5, 5.41) is 5.53. The van der Waals surface area contributed by atoms with Gasteiger partial charge >= 0.3 is 5.97 Å². The average molecular weight is 533 g/mol. The lowest BCUT2D eigenvalue weighted by molar-refractivity contribution is 0.0505. The molecule has 2 aromatic carbocycles. The molecule has 196 valence electrons. The van der Waals surface area contributed by atoms with Crippen LogP contribution in [0.25, 0.3) is 4.96 Å². The third kappa shape index (κ3) is 5.97. The van der Waals surface area contributed by atoms with Crippen LogP contribution in [0.3, 0.4) is 0 Å². The number of nitrogens with one attached hydrogen (secondary N) is 2. The molecule has 9 nitrogen and oxygen atoms in total. The maximum atomic E-state index is 13.5. The van der Waals surface area contributed by atoms with Gasteiger partial charge in [-0.05, 0) is 56.2 Å². The monoisotopic (exact) mass is 532 g/mol. The first-order chi connectivity index (χ1) is 18.3. The summed E-state index contributed by atoms with van der Waals surface area (Å²) >= 11 is 0.979. The highest BCUT2D eigenvalue weighted by atomic mass is 32.1. The van der Waals surface area contributed by atoms with E-state index >= 15 is 0 Å². The molecule has 2 heterocycles. The zero-order chi connectivity index (χ0) is 27.2. The van der Waals surface area contributed by atoms with Gasteiger partial charge in [0.25, 0.3) is 17.4 Å². The third-order valence-electron chi connectivity index (χ3n) is 5.63. The molecule has 0 unspecified atom stereocenters. The second-order valence-electron chi connectivity index (χ2n) is 8.72. The number of ether oxygens (including phenoxy) is 1. The van der Waals surface area contributed by atoms with Gasteiger partial charge in [0.05, 0.1) is 12.2 Å². The van der Waals surface area contributed by atoms with Gasteiger partial charge in [0.1, 0.15) is 10.6 Å². The van der Waals surface area contributed by atoms with Crippen LogP contribution >= 0.6 is 11.3 Å². The highest BCUT2D eigenvalue weighted by molar-refractivity contribution is 7.19. The number of nitrogens with zero attached hydrogens (tertiary/aromatic N) is 2. The normalized spacial score (nSPS) is 10.8. The van der Waals surface area contributed by atoms with Crippen LogP contribution in [-0.4, -0.2) is 33.8 Å². The van der Waals surface area contributed by atoms with E-state index in [1.165, 1.54) is 22.6 Å². The smallest absolute Gasteiger partial charge is 0.338 e. The number of aromatic nitrogens is 2. The number of amides is 2. The van der Waals surface area contributed by atoms with Crippen LogP contribution < -0.4 is 16.2 Å². The van der Waals surface area contributed by atoms with Gasteiger partial charge in [-0.15, -0.1) is 0 Å². The highest BCUT2D eigenvalue weighted by Crippen LogP contribution is 2.24. The van der Waals surface area contributed by atoms with Crippen LogP contribution in [0, 0.1) is 6.92 Å². The Morgan fingerprint density at radius 1 is 0.921 bits per heavy atom. The highest BCUT2D eigenvalue weighted by Gasteiger charge is 2.26. The first kappa shape index (κ1) is 26.7. The minimum Gasteiger partial charge on any atom is -0.462 e. The van der Waals surface area contributed by atoms with E-state index in [-0.39, 0.29) is 15.5 Å². The van der Waals surface area contributed by atoms with E-state index in [1.807, 2.05) is 32.9 Å². The molecule has 10 heteroatoms. The van der Waals surface area contributed by atoms with Crippen LogP contribution in [-0.2, 0) is 11.2 Å². The summed E-state index contributed by atoms with van der Waals surface area (Å²) in [4.78, 5) is 56.7. The Hall–Kier alpha value is -4.31. The van der Waals surface area contributed by atoms with Gasteiger partial charge < -0.3 is 15.4 Å². The molecule has 4 rings (SSSR count). The van der Waals surface area contributed by atoms with E-state index in [0.29, 0.717) is 42.1 Å². The summed E-state index contributed by atoms with van der Waals surface area (Å²) < 4.78 is 6.29. The topological polar surface area (TPSA) is 119 Å². The summed E-state index contributed by atoms with van der Waals surface area (Å²) in [6.45, 7) is 6.14. The summed E-state index contributed by atoms with van der Waals surface area (Å²) in [6, 6.07) is 14.8. The van der Waals surface area contributed by atoms with E-state index < -0.39 is 23.3 Å². The van der Waals surface area contributed by atoms with Gasteiger partial charge in [-0.1, -0.05) is 49.3 Å². The Morgan fingerprint density at radius 3 is 2.18 bits per heavy atom. The first-order valence-electron chi connectivity index (χ1n) is 12.3. The Bertz CT molecular complexity index is 1540. The SMILES string of the molecule is CCCOC(=O)c1ccc(NC(=O)c2c(C(=O)Nc3ccc(C)cc3)sc3nc(CCC)cc(=O)n23)cc1. The van der Waals surface area contributed by atoms with Crippen LogP contribution in [0.5, 0.6) is 0 Å². The Labute approximate surface area is 223 Å². The molecule has 0 spiro atoms. The fourth-order valence-electron chi connectivity index (χ4n) is 3.75. The molecule has 0 saturated heterocycles. The summed E-state index contributed by atoms with van der Waals surface area (Å²) in [5.74, 6) is -1.64. The van der Waals surface area contributed by atoms with Crippen LogP contribution in [0.1, 0.15) is 68.5 Å². The summed E-state index contributed by atoms with van der Waals surface area (Å²) in [5.41, 5.74) is 2.37. The lowest BCUT2D eigenvalue weighted by Crippen LogP contribution is -2.25. The van der Waals surface area contributed by atoms with Gasteiger partial charge in [0.2, 0.25) is 0 Å². The molecule has 38 heavy (non-hydrogen) atoms. The van der Waals surface area contributed by atoms with Crippen molar-refractivity contribution < 1.29 is 19.1 Å². The maximum absolute atomic E-state index is 13.5. The number of hydrogen-bond acceptors (Lipinski definition) is 7. The second kappa shape index (κ2) is 11.8. The second-order valence-corrected chi connectivity index (χ2v) is 9.70. The Balaban J connectivity index is 1.69. The predicted octanol–water partition coefficient (Wildman–Crippen LogP) is 5.09. The van der Waals surface area contributed by atoms with Crippen molar-refractivity contribution >= 4 is 45.5 Å². The molecule has 0 aliphatic heterocycles. The predicted molar refractivity (Wildman–Crippen MR) is 147 cm³/mol. The molecule has 0 bridgehead atoms. The number of anilines is 2. The number of rotatable bonds is 9. The molecule has 2 aromatic heterocycles. The largest absolute Gasteiger partial charge is 0.462 e.